The average Bonchev–Trinajstić information content (AvgIpc) is 3.05. The fourth-order valence-corrected chi connectivity index (χ4v) is 4.58. The van der Waals surface area contributed by atoms with Crippen molar-refractivity contribution in [3.63, 3.8) is 0 Å². The Bertz CT molecular complexity index is 671. The monoisotopic (exact) mass is 346 g/mol. The second kappa shape index (κ2) is 6.90. The van der Waals surface area contributed by atoms with Gasteiger partial charge in [0.15, 0.2) is 5.78 Å². The van der Waals surface area contributed by atoms with Gasteiger partial charge in [0, 0.05) is 38.3 Å². The Balaban J connectivity index is 1.54. The summed E-state index contributed by atoms with van der Waals surface area (Å²) >= 11 is 0. The van der Waals surface area contributed by atoms with E-state index in [1.165, 1.54) is 19.5 Å². The van der Waals surface area contributed by atoms with E-state index in [2.05, 4.69) is 17.0 Å². The normalized spacial score (nSPS) is 20.4. The van der Waals surface area contributed by atoms with E-state index >= 15 is 0 Å². The van der Waals surface area contributed by atoms with Crippen molar-refractivity contribution >= 4 is 11.7 Å². The number of hydrogen-bond donors (Lipinski definition) is 0. The highest BCUT2D eigenvalue weighted by Gasteiger charge is 2.40. The lowest BCUT2D eigenvalue weighted by Gasteiger charge is -2.39. The third-order valence-electron chi connectivity index (χ3n) is 6.08. The number of ketones is 1. The number of aromatic nitrogens is 2. The molecule has 0 saturated carbocycles. The molecule has 0 bridgehead atoms. The highest BCUT2D eigenvalue weighted by molar-refractivity contribution is 5.96. The summed E-state index contributed by atoms with van der Waals surface area (Å²) < 4.78 is 1.81. The standard InChI is InChI=1S/C19H30N4O2/c1-14-18(16(3)24)15(2)23(20-14)9-5-17(25)22-11-7-19(8-12-22)6-10-21(4)13-19/h5-13H2,1-4H3. The first kappa shape index (κ1) is 18.1. The van der Waals surface area contributed by atoms with Crippen LogP contribution in [-0.4, -0.2) is 64.5 Å². The van der Waals surface area contributed by atoms with Crippen molar-refractivity contribution in [1.29, 1.82) is 0 Å². The number of Topliss-reactive ketones (excluding diaryl/α,β-unsaturated/α-hetero) is 1. The minimum Gasteiger partial charge on any atom is -0.343 e. The second-order valence-electron chi connectivity index (χ2n) is 7.94. The van der Waals surface area contributed by atoms with Crippen LogP contribution in [0.4, 0.5) is 0 Å². The summed E-state index contributed by atoms with van der Waals surface area (Å²) in [4.78, 5) is 28.7. The van der Waals surface area contributed by atoms with E-state index in [1.54, 1.807) is 11.6 Å². The number of amides is 1. The molecule has 138 valence electrons. The molecule has 3 rings (SSSR count). The Kier molecular flexibility index (Phi) is 5.00. The Morgan fingerprint density at radius 1 is 1.12 bits per heavy atom. The van der Waals surface area contributed by atoms with Crippen molar-refractivity contribution in [2.45, 2.75) is 53.0 Å². The van der Waals surface area contributed by atoms with Crippen LogP contribution in [-0.2, 0) is 11.3 Å². The maximum atomic E-state index is 12.6. The van der Waals surface area contributed by atoms with Crippen molar-refractivity contribution in [2.75, 3.05) is 33.2 Å². The molecule has 0 radical (unpaired) electrons. The predicted octanol–water partition coefficient (Wildman–Crippen LogP) is 2.04. The van der Waals surface area contributed by atoms with Gasteiger partial charge < -0.3 is 9.80 Å². The molecule has 6 nitrogen and oxygen atoms in total. The molecule has 0 unspecified atom stereocenters. The number of carbonyl (C=O) groups is 2. The van der Waals surface area contributed by atoms with E-state index < -0.39 is 0 Å². The number of piperidine rings is 1. The molecule has 0 atom stereocenters. The number of rotatable bonds is 4. The molecule has 2 aliphatic rings. The minimum atomic E-state index is 0.0374. The van der Waals surface area contributed by atoms with Crippen molar-refractivity contribution in [1.82, 2.24) is 19.6 Å². The maximum Gasteiger partial charge on any atom is 0.224 e. The summed E-state index contributed by atoms with van der Waals surface area (Å²) in [6.45, 7) is 9.98. The molecule has 3 heterocycles. The quantitative estimate of drug-likeness (QED) is 0.783. The van der Waals surface area contributed by atoms with E-state index in [1.807, 2.05) is 18.7 Å². The molecular weight excluding hydrogens is 316 g/mol. The molecule has 0 aliphatic carbocycles. The number of likely N-dealkylation sites (tertiary alicyclic amines) is 2. The van der Waals surface area contributed by atoms with Crippen LogP contribution in [0.2, 0.25) is 0 Å². The molecule has 1 aromatic heterocycles. The van der Waals surface area contributed by atoms with Crippen molar-refractivity contribution in [3.8, 4) is 0 Å². The van der Waals surface area contributed by atoms with Gasteiger partial charge in [0.05, 0.1) is 11.3 Å². The smallest absolute Gasteiger partial charge is 0.224 e. The molecule has 2 fully saturated rings. The molecule has 1 spiro atoms. The Morgan fingerprint density at radius 2 is 1.76 bits per heavy atom. The first-order valence-corrected chi connectivity index (χ1v) is 9.33. The molecule has 25 heavy (non-hydrogen) atoms. The first-order valence-electron chi connectivity index (χ1n) is 9.33. The second-order valence-corrected chi connectivity index (χ2v) is 7.94. The predicted molar refractivity (Wildman–Crippen MR) is 96.7 cm³/mol. The SMILES string of the molecule is CC(=O)c1c(C)nn(CCC(=O)N2CCC3(CCN(C)C3)CC2)c1C. The van der Waals surface area contributed by atoms with E-state index in [0.29, 0.717) is 23.9 Å². The maximum absolute atomic E-state index is 12.6. The van der Waals surface area contributed by atoms with E-state index in [-0.39, 0.29) is 11.7 Å². The van der Waals surface area contributed by atoms with Gasteiger partial charge in [-0.1, -0.05) is 0 Å². The van der Waals surface area contributed by atoms with E-state index in [4.69, 9.17) is 0 Å². The summed E-state index contributed by atoms with van der Waals surface area (Å²) in [5.41, 5.74) is 2.75. The van der Waals surface area contributed by atoms with Crippen molar-refractivity contribution < 1.29 is 9.59 Å². The third kappa shape index (κ3) is 3.64. The number of nitrogens with zero attached hydrogens (tertiary/aromatic N) is 4. The average molecular weight is 346 g/mol. The van der Waals surface area contributed by atoms with E-state index in [9.17, 15) is 9.59 Å². The van der Waals surface area contributed by atoms with Gasteiger partial charge in [-0.25, -0.2) is 0 Å². The number of carbonyl (C=O) groups excluding carboxylic acids is 2. The number of hydrogen-bond acceptors (Lipinski definition) is 4. The highest BCUT2D eigenvalue weighted by Crippen LogP contribution is 2.39. The number of aryl methyl sites for hydroxylation is 2. The zero-order chi connectivity index (χ0) is 18.2. The van der Waals surface area contributed by atoms with Gasteiger partial charge in [0.25, 0.3) is 0 Å². The van der Waals surface area contributed by atoms with Gasteiger partial charge in [-0.05, 0) is 59.0 Å². The van der Waals surface area contributed by atoms with Gasteiger partial charge in [-0.3, -0.25) is 14.3 Å². The van der Waals surface area contributed by atoms with Crippen molar-refractivity contribution in [3.05, 3.63) is 17.0 Å². The molecule has 0 aromatic carbocycles. The van der Waals surface area contributed by atoms with Crippen molar-refractivity contribution in [2.24, 2.45) is 5.41 Å². The summed E-state index contributed by atoms with van der Waals surface area (Å²) in [5.74, 6) is 0.244. The molecule has 1 aromatic rings. The lowest BCUT2D eigenvalue weighted by atomic mass is 9.78. The zero-order valence-electron chi connectivity index (χ0n) is 16.0. The van der Waals surface area contributed by atoms with Crippen LogP contribution >= 0.6 is 0 Å². The van der Waals surface area contributed by atoms with E-state index in [0.717, 1.165) is 37.3 Å². The van der Waals surface area contributed by atoms with Crippen LogP contribution < -0.4 is 0 Å². The topological polar surface area (TPSA) is 58.4 Å². The lowest BCUT2D eigenvalue weighted by molar-refractivity contribution is -0.133. The molecule has 2 aliphatic heterocycles. The summed E-state index contributed by atoms with van der Waals surface area (Å²) in [6.07, 6.45) is 3.96. The molecule has 1 amide bonds. The molecule has 2 saturated heterocycles. The van der Waals surface area contributed by atoms with Gasteiger partial charge in [0.2, 0.25) is 5.91 Å². The zero-order valence-corrected chi connectivity index (χ0v) is 16.0. The van der Waals surface area contributed by atoms with Crippen LogP contribution in [0, 0.1) is 19.3 Å². The third-order valence-corrected chi connectivity index (χ3v) is 6.08. The van der Waals surface area contributed by atoms with Crippen LogP contribution in [0.25, 0.3) is 0 Å². The molecule has 0 N–H and O–H groups in total. The highest BCUT2D eigenvalue weighted by atomic mass is 16.2. The largest absolute Gasteiger partial charge is 0.343 e. The van der Waals surface area contributed by atoms with Gasteiger partial charge >= 0.3 is 0 Å². The minimum absolute atomic E-state index is 0.0374. The van der Waals surface area contributed by atoms with Crippen LogP contribution in [0.5, 0.6) is 0 Å². The lowest BCUT2D eigenvalue weighted by Crippen LogP contribution is -2.44. The van der Waals surface area contributed by atoms with Gasteiger partial charge in [0.1, 0.15) is 0 Å². The fourth-order valence-electron chi connectivity index (χ4n) is 4.58. The fraction of sp³-hybridized carbons (Fsp3) is 0.737. The Morgan fingerprint density at radius 3 is 2.28 bits per heavy atom. The Labute approximate surface area is 150 Å². The van der Waals surface area contributed by atoms with Crippen LogP contribution in [0.3, 0.4) is 0 Å². The first-order chi connectivity index (χ1) is 11.8. The van der Waals surface area contributed by atoms with Gasteiger partial charge in [-0.15, -0.1) is 0 Å². The molecular formula is C19H30N4O2. The van der Waals surface area contributed by atoms with Crippen LogP contribution in [0.1, 0.15) is 54.4 Å². The molecule has 6 heteroatoms. The van der Waals surface area contributed by atoms with Gasteiger partial charge in [-0.2, -0.15) is 5.10 Å². The summed E-state index contributed by atoms with van der Waals surface area (Å²) in [6, 6.07) is 0. The Hall–Kier alpha value is -1.69. The summed E-state index contributed by atoms with van der Waals surface area (Å²) in [7, 11) is 2.19. The summed E-state index contributed by atoms with van der Waals surface area (Å²) in [5, 5.41) is 4.43. The van der Waals surface area contributed by atoms with Crippen LogP contribution in [0.15, 0.2) is 0 Å².